The number of rotatable bonds is 7. The maximum absolute atomic E-state index is 12.7. The summed E-state index contributed by atoms with van der Waals surface area (Å²) in [4.78, 5) is 12.7. The number of benzene rings is 2. The van der Waals surface area contributed by atoms with Crippen molar-refractivity contribution in [3.05, 3.63) is 63.2 Å². The van der Waals surface area contributed by atoms with Crippen molar-refractivity contribution in [2.24, 2.45) is 0 Å². The minimum Gasteiger partial charge on any atom is -0.507 e. The smallest absolute Gasteiger partial charge is 0.338 e. The molecule has 4 heteroatoms. The van der Waals surface area contributed by atoms with Gasteiger partial charge in [0.25, 0.3) is 0 Å². The van der Waals surface area contributed by atoms with Gasteiger partial charge in [-0.3, -0.25) is 0 Å². The van der Waals surface area contributed by atoms with Crippen molar-refractivity contribution >= 4 is 17.6 Å². The highest BCUT2D eigenvalue weighted by atomic mass is 35.5. The zero-order chi connectivity index (χ0) is 20.1. The van der Waals surface area contributed by atoms with Crippen LogP contribution in [0.5, 0.6) is 5.75 Å². The van der Waals surface area contributed by atoms with Crippen molar-refractivity contribution < 1.29 is 14.6 Å². The molecule has 0 spiro atoms. The Labute approximate surface area is 167 Å². The third-order valence-corrected chi connectivity index (χ3v) is 5.71. The van der Waals surface area contributed by atoms with E-state index in [0.29, 0.717) is 16.3 Å². The van der Waals surface area contributed by atoms with Gasteiger partial charge in [0, 0.05) is 5.02 Å². The minimum atomic E-state index is -0.378. The Bertz CT molecular complexity index is 782. The summed E-state index contributed by atoms with van der Waals surface area (Å²) in [5.41, 5.74) is 3.96. The van der Waals surface area contributed by atoms with Gasteiger partial charge in [-0.05, 0) is 72.1 Å². The number of esters is 1. The highest BCUT2D eigenvalue weighted by Crippen LogP contribution is 2.37. The first-order chi connectivity index (χ1) is 12.8. The molecule has 2 rings (SSSR count). The van der Waals surface area contributed by atoms with Gasteiger partial charge in [0.15, 0.2) is 0 Å². The molecule has 2 aromatic carbocycles. The molecule has 0 aliphatic carbocycles. The quantitative estimate of drug-likeness (QED) is 0.534. The van der Waals surface area contributed by atoms with E-state index in [1.54, 1.807) is 12.1 Å². The molecule has 0 bridgehead atoms. The van der Waals surface area contributed by atoms with Crippen molar-refractivity contribution in [2.45, 2.75) is 65.9 Å². The SMILES string of the molecule is CCC(C)c1cc(C(=O)OCc2ccc(Cl)c(C)c2)cc(C(C)CC)c1O. The third kappa shape index (κ3) is 5.04. The van der Waals surface area contributed by atoms with E-state index in [-0.39, 0.29) is 24.4 Å². The number of phenols is 1. The molecule has 0 fully saturated rings. The molecule has 1 N–H and O–H groups in total. The van der Waals surface area contributed by atoms with E-state index in [0.717, 1.165) is 35.1 Å². The normalized spacial score (nSPS) is 13.3. The van der Waals surface area contributed by atoms with Crippen LogP contribution < -0.4 is 0 Å². The van der Waals surface area contributed by atoms with Crippen LogP contribution in [0.1, 0.15) is 85.0 Å². The molecule has 0 radical (unpaired) electrons. The number of aromatic hydroxyl groups is 1. The van der Waals surface area contributed by atoms with Gasteiger partial charge in [0.2, 0.25) is 0 Å². The van der Waals surface area contributed by atoms with E-state index in [2.05, 4.69) is 27.7 Å². The molecule has 2 aromatic rings. The van der Waals surface area contributed by atoms with Crippen molar-refractivity contribution in [1.29, 1.82) is 0 Å². The molecular weight excluding hydrogens is 360 g/mol. The number of hydrogen-bond donors (Lipinski definition) is 1. The lowest BCUT2D eigenvalue weighted by atomic mass is 9.88. The molecule has 0 saturated heterocycles. The lowest BCUT2D eigenvalue weighted by molar-refractivity contribution is 0.0472. The van der Waals surface area contributed by atoms with Gasteiger partial charge in [0.05, 0.1) is 5.56 Å². The van der Waals surface area contributed by atoms with Crippen LogP contribution in [0.3, 0.4) is 0 Å². The molecular formula is C23H29ClO3. The molecule has 2 atom stereocenters. The molecule has 146 valence electrons. The first-order valence-electron chi connectivity index (χ1n) is 9.57. The summed E-state index contributed by atoms with van der Waals surface area (Å²) in [6.45, 7) is 10.4. The van der Waals surface area contributed by atoms with Gasteiger partial charge >= 0.3 is 5.97 Å². The van der Waals surface area contributed by atoms with Gasteiger partial charge in [-0.1, -0.05) is 51.4 Å². The van der Waals surface area contributed by atoms with E-state index in [9.17, 15) is 9.90 Å². The number of halogens is 1. The number of aryl methyl sites for hydroxylation is 1. The van der Waals surface area contributed by atoms with E-state index in [1.807, 2.05) is 25.1 Å². The highest BCUT2D eigenvalue weighted by molar-refractivity contribution is 6.31. The van der Waals surface area contributed by atoms with Crippen molar-refractivity contribution in [3.63, 3.8) is 0 Å². The van der Waals surface area contributed by atoms with E-state index in [1.165, 1.54) is 0 Å². The first-order valence-corrected chi connectivity index (χ1v) is 9.95. The summed E-state index contributed by atoms with van der Waals surface area (Å²) in [7, 11) is 0. The van der Waals surface area contributed by atoms with Crippen LogP contribution in [-0.4, -0.2) is 11.1 Å². The average Bonchev–Trinajstić information content (AvgIpc) is 2.67. The van der Waals surface area contributed by atoms with Gasteiger partial charge in [-0.25, -0.2) is 4.79 Å². The Morgan fingerprint density at radius 2 is 1.63 bits per heavy atom. The number of phenolic OH excluding ortho intramolecular Hbond substituents is 1. The predicted octanol–water partition coefficient (Wildman–Crippen LogP) is 6.74. The molecule has 0 aliphatic heterocycles. The second kappa shape index (κ2) is 9.27. The van der Waals surface area contributed by atoms with Gasteiger partial charge in [0.1, 0.15) is 12.4 Å². The zero-order valence-electron chi connectivity index (χ0n) is 16.8. The molecule has 0 aliphatic rings. The Hall–Kier alpha value is -2.00. The van der Waals surface area contributed by atoms with Crippen LogP contribution >= 0.6 is 11.6 Å². The Balaban J connectivity index is 2.29. The van der Waals surface area contributed by atoms with Gasteiger partial charge in [-0.15, -0.1) is 0 Å². The lowest BCUT2D eigenvalue weighted by Gasteiger charge is -2.19. The molecule has 3 nitrogen and oxygen atoms in total. The summed E-state index contributed by atoms with van der Waals surface area (Å²) >= 11 is 6.04. The van der Waals surface area contributed by atoms with Crippen LogP contribution in [0.2, 0.25) is 5.02 Å². The summed E-state index contributed by atoms with van der Waals surface area (Å²) < 4.78 is 5.52. The summed E-state index contributed by atoms with van der Waals surface area (Å²) in [6, 6.07) is 9.12. The Morgan fingerprint density at radius 3 is 2.11 bits per heavy atom. The van der Waals surface area contributed by atoms with E-state index < -0.39 is 0 Å². The van der Waals surface area contributed by atoms with Crippen molar-refractivity contribution in [2.75, 3.05) is 0 Å². The second-order valence-electron chi connectivity index (χ2n) is 7.28. The van der Waals surface area contributed by atoms with Crippen LogP contribution in [0, 0.1) is 6.92 Å². The molecule has 2 unspecified atom stereocenters. The second-order valence-corrected chi connectivity index (χ2v) is 7.69. The number of hydrogen-bond acceptors (Lipinski definition) is 3. The molecule has 0 aromatic heterocycles. The van der Waals surface area contributed by atoms with Crippen LogP contribution in [0.15, 0.2) is 30.3 Å². The molecule has 0 heterocycles. The zero-order valence-corrected chi connectivity index (χ0v) is 17.6. The van der Waals surface area contributed by atoms with Crippen LogP contribution in [-0.2, 0) is 11.3 Å². The van der Waals surface area contributed by atoms with Gasteiger partial charge < -0.3 is 9.84 Å². The number of carbonyl (C=O) groups excluding carboxylic acids is 1. The molecule has 27 heavy (non-hydrogen) atoms. The average molecular weight is 389 g/mol. The van der Waals surface area contributed by atoms with Crippen LogP contribution in [0.4, 0.5) is 0 Å². The first kappa shape index (κ1) is 21.3. The maximum Gasteiger partial charge on any atom is 0.338 e. The monoisotopic (exact) mass is 388 g/mol. The topological polar surface area (TPSA) is 46.5 Å². The minimum absolute atomic E-state index is 0.166. The highest BCUT2D eigenvalue weighted by Gasteiger charge is 2.20. The fraction of sp³-hybridized carbons (Fsp3) is 0.435. The Kier molecular flexibility index (Phi) is 7.32. The van der Waals surface area contributed by atoms with Crippen LogP contribution in [0.25, 0.3) is 0 Å². The molecule has 0 amide bonds. The summed E-state index contributed by atoms with van der Waals surface area (Å²) in [5, 5.41) is 11.4. The van der Waals surface area contributed by atoms with E-state index in [4.69, 9.17) is 16.3 Å². The maximum atomic E-state index is 12.7. The predicted molar refractivity (Wildman–Crippen MR) is 111 cm³/mol. The standard InChI is InChI=1S/C23H29ClO3/c1-6-14(3)19-11-18(12-20(22(19)25)15(4)7-2)23(26)27-13-17-8-9-21(24)16(5)10-17/h8-12,14-15,25H,6-7,13H2,1-5H3. The fourth-order valence-electron chi connectivity index (χ4n) is 3.02. The largest absolute Gasteiger partial charge is 0.507 e. The van der Waals surface area contributed by atoms with Crippen molar-refractivity contribution in [3.8, 4) is 5.75 Å². The number of ether oxygens (including phenoxy) is 1. The molecule has 0 saturated carbocycles. The fourth-order valence-corrected chi connectivity index (χ4v) is 3.14. The summed E-state index contributed by atoms with van der Waals surface area (Å²) in [5.74, 6) is 0.263. The lowest BCUT2D eigenvalue weighted by Crippen LogP contribution is -2.09. The van der Waals surface area contributed by atoms with E-state index >= 15 is 0 Å². The third-order valence-electron chi connectivity index (χ3n) is 5.28. The Morgan fingerprint density at radius 1 is 1.07 bits per heavy atom. The van der Waals surface area contributed by atoms with Crippen molar-refractivity contribution in [1.82, 2.24) is 0 Å². The number of carbonyl (C=O) groups is 1. The summed E-state index contributed by atoms with van der Waals surface area (Å²) in [6.07, 6.45) is 1.77. The van der Waals surface area contributed by atoms with Gasteiger partial charge in [-0.2, -0.15) is 0 Å².